The Kier molecular flexibility index (Phi) is 6.34. The molecule has 3 nitrogen and oxygen atoms in total. The van der Waals surface area contributed by atoms with Crippen molar-refractivity contribution in [3.63, 3.8) is 0 Å². The van der Waals surface area contributed by atoms with E-state index in [4.69, 9.17) is 11.6 Å². The molecule has 1 aliphatic rings. The number of hydrogen-bond donors (Lipinski definition) is 2. The van der Waals surface area contributed by atoms with Crippen molar-refractivity contribution in [3.05, 3.63) is 29.3 Å². The topological polar surface area (TPSA) is 41.1 Å². The van der Waals surface area contributed by atoms with Crippen molar-refractivity contribution in [3.8, 4) is 0 Å². The molecule has 2 N–H and O–H groups in total. The van der Waals surface area contributed by atoms with Gasteiger partial charge in [0.25, 0.3) is 0 Å². The predicted octanol–water partition coefficient (Wildman–Crippen LogP) is 3.84. The minimum absolute atomic E-state index is 0.0177. The van der Waals surface area contributed by atoms with Gasteiger partial charge in [0.2, 0.25) is 5.91 Å². The summed E-state index contributed by atoms with van der Waals surface area (Å²) in [6, 6.07) is 7.21. The van der Waals surface area contributed by atoms with Crippen LogP contribution in [0.3, 0.4) is 0 Å². The average Bonchev–Trinajstić information content (AvgIpc) is 2.45. The molecule has 1 amide bonds. The summed E-state index contributed by atoms with van der Waals surface area (Å²) in [6.45, 7) is 1.28. The zero-order chi connectivity index (χ0) is 14.2. The van der Waals surface area contributed by atoms with E-state index in [-0.39, 0.29) is 5.91 Å². The van der Waals surface area contributed by atoms with Gasteiger partial charge in [-0.1, -0.05) is 49.8 Å². The third-order valence-corrected chi connectivity index (χ3v) is 4.08. The second-order valence-electron chi connectivity index (χ2n) is 5.53. The van der Waals surface area contributed by atoms with E-state index in [1.165, 1.54) is 38.5 Å². The largest absolute Gasteiger partial charge is 0.325 e. The van der Waals surface area contributed by atoms with Gasteiger partial charge in [-0.15, -0.1) is 0 Å². The van der Waals surface area contributed by atoms with Crippen LogP contribution in [0.2, 0.25) is 5.02 Å². The Hall–Kier alpha value is -1.06. The maximum Gasteiger partial charge on any atom is 0.238 e. The fourth-order valence-corrected chi connectivity index (χ4v) is 2.95. The highest BCUT2D eigenvalue weighted by molar-refractivity contribution is 6.30. The molecule has 1 aromatic carbocycles. The first kappa shape index (κ1) is 15.3. The van der Waals surface area contributed by atoms with Crippen LogP contribution < -0.4 is 10.6 Å². The van der Waals surface area contributed by atoms with Gasteiger partial charge < -0.3 is 10.6 Å². The van der Waals surface area contributed by atoms with Crippen LogP contribution in [-0.2, 0) is 4.79 Å². The highest BCUT2D eigenvalue weighted by Crippen LogP contribution is 2.25. The van der Waals surface area contributed by atoms with E-state index in [1.54, 1.807) is 12.1 Å². The molecule has 1 fully saturated rings. The summed E-state index contributed by atoms with van der Waals surface area (Å²) < 4.78 is 0. The molecule has 0 bridgehead atoms. The molecule has 2 rings (SSSR count). The number of carbonyl (C=O) groups is 1. The summed E-state index contributed by atoms with van der Waals surface area (Å²) in [5.41, 5.74) is 0.747. The molecule has 0 radical (unpaired) electrons. The fourth-order valence-electron chi connectivity index (χ4n) is 2.76. The van der Waals surface area contributed by atoms with E-state index in [1.807, 2.05) is 12.1 Å². The Balaban J connectivity index is 1.60. The van der Waals surface area contributed by atoms with Gasteiger partial charge in [0.15, 0.2) is 0 Å². The lowest BCUT2D eigenvalue weighted by molar-refractivity contribution is -0.115. The van der Waals surface area contributed by atoms with Gasteiger partial charge in [-0.05, 0) is 37.1 Å². The van der Waals surface area contributed by atoms with Crippen molar-refractivity contribution in [1.82, 2.24) is 5.32 Å². The van der Waals surface area contributed by atoms with E-state index in [0.717, 1.165) is 18.2 Å². The number of anilines is 1. The second-order valence-corrected chi connectivity index (χ2v) is 5.96. The first-order valence-electron chi connectivity index (χ1n) is 7.50. The maximum atomic E-state index is 11.8. The molecule has 1 saturated carbocycles. The molecular formula is C16H23ClN2O. The molecule has 0 aliphatic heterocycles. The molecule has 1 aliphatic carbocycles. The fraction of sp³-hybridized carbons (Fsp3) is 0.562. The normalized spacial score (nSPS) is 16.1. The molecule has 20 heavy (non-hydrogen) atoms. The van der Waals surface area contributed by atoms with Gasteiger partial charge in [0, 0.05) is 10.7 Å². The van der Waals surface area contributed by atoms with Crippen LogP contribution in [-0.4, -0.2) is 19.0 Å². The number of carbonyl (C=O) groups excluding carboxylic acids is 1. The van der Waals surface area contributed by atoms with Gasteiger partial charge >= 0.3 is 0 Å². The third kappa shape index (κ3) is 5.51. The van der Waals surface area contributed by atoms with Crippen LogP contribution in [0.1, 0.15) is 38.5 Å². The Morgan fingerprint density at radius 2 is 2.05 bits per heavy atom. The van der Waals surface area contributed by atoms with Crippen molar-refractivity contribution >= 4 is 23.2 Å². The highest BCUT2D eigenvalue weighted by Gasteiger charge is 2.12. The Labute approximate surface area is 126 Å². The van der Waals surface area contributed by atoms with Crippen molar-refractivity contribution in [2.24, 2.45) is 5.92 Å². The van der Waals surface area contributed by atoms with Crippen molar-refractivity contribution in [2.45, 2.75) is 38.5 Å². The summed E-state index contributed by atoms with van der Waals surface area (Å²) in [5, 5.41) is 6.69. The van der Waals surface area contributed by atoms with Gasteiger partial charge in [-0.25, -0.2) is 0 Å². The second kappa shape index (κ2) is 8.28. The summed E-state index contributed by atoms with van der Waals surface area (Å²) in [7, 11) is 0. The lowest BCUT2D eigenvalue weighted by Crippen LogP contribution is -2.29. The molecule has 0 heterocycles. The molecule has 4 heteroatoms. The monoisotopic (exact) mass is 294 g/mol. The zero-order valence-corrected chi connectivity index (χ0v) is 12.6. The molecule has 0 spiro atoms. The Bertz CT molecular complexity index is 430. The number of nitrogens with one attached hydrogen (secondary N) is 2. The van der Waals surface area contributed by atoms with Crippen LogP contribution in [0.4, 0.5) is 5.69 Å². The molecule has 0 saturated heterocycles. The summed E-state index contributed by atoms with van der Waals surface area (Å²) in [4.78, 5) is 11.8. The van der Waals surface area contributed by atoms with E-state index < -0.39 is 0 Å². The van der Waals surface area contributed by atoms with E-state index >= 15 is 0 Å². The molecule has 0 atom stereocenters. The SMILES string of the molecule is O=C(CNCCC1CCCCC1)Nc1cccc(Cl)c1. The van der Waals surface area contributed by atoms with Crippen molar-refractivity contribution in [1.29, 1.82) is 0 Å². The first-order chi connectivity index (χ1) is 9.74. The molecule has 1 aromatic rings. The van der Waals surface area contributed by atoms with Gasteiger partial charge in [-0.3, -0.25) is 4.79 Å². The molecule has 0 unspecified atom stereocenters. The Morgan fingerprint density at radius 1 is 1.25 bits per heavy atom. The average molecular weight is 295 g/mol. The van der Waals surface area contributed by atoms with E-state index in [9.17, 15) is 4.79 Å². The minimum Gasteiger partial charge on any atom is -0.325 e. The van der Waals surface area contributed by atoms with Gasteiger partial charge in [-0.2, -0.15) is 0 Å². The molecular weight excluding hydrogens is 272 g/mol. The number of halogens is 1. The standard InChI is InChI=1S/C16H23ClN2O/c17-14-7-4-8-15(11-14)19-16(20)12-18-10-9-13-5-2-1-3-6-13/h4,7-8,11,13,18H,1-3,5-6,9-10,12H2,(H,19,20). The highest BCUT2D eigenvalue weighted by atomic mass is 35.5. The lowest BCUT2D eigenvalue weighted by atomic mass is 9.87. The Morgan fingerprint density at radius 3 is 2.80 bits per heavy atom. The number of amides is 1. The van der Waals surface area contributed by atoms with Gasteiger partial charge in [0.05, 0.1) is 6.54 Å². The van der Waals surface area contributed by atoms with Crippen LogP contribution in [0.25, 0.3) is 0 Å². The first-order valence-corrected chi connectivity index (χ1v) is 7.88. The summed E-state index contributed by atoms with van der Waals surface area (Å²) in [5.74, 6) is 0.836. The van der Waals surface area contributed by atoms with Crippen molar-refractivity contribution < 1.29 is 4.79 Å². The summed E-state index contributed by atoms with van der Waals surface area (Å²) in [6.07, 6.45) is 8.04. The van der Waals surface area contributed by atoms with E-state index in [2.05, 4.69) is 10.6 Å². The van der Waals surface area contributed by atoms with Crippen molar-refractivity contribution in [2.75, 3.05) is 18.4 Å². The quantitative estimate of drug-likeness (QED) is 0.783. The van der Waals surface area contributed by atoms with Crippen LogP contribution in [0, 0.1) is 5.92 Å². The molecule has 0 aromatic heterocycles. The summed E-state index contributed by atoms with van der Waals surface area (Å²) >= 11 is 5.87. The molecule has 110 valence electrons. The van der Waals surface area contributed by atoms with E-state index in [0.29, 0.717) is 11.6 Å². The van der Waals surface area contributed by atoms with Crippen LogP contribution in [0.5, 0.6) is 0 Å². The zero-order valence-electron chi connectivity index (χ0n) is 11.8. The number of benzene rings is 1. The third-order valence-electron chi connectivity index (χ3n) is 3.85. The smallest absolute Gasteiger partial charge is 0.238 e. The lowest BCUT2D eigenvalue weighted by Gasteiger charge is -2.21. The van der Waals surface area contributed by atoms with Crippen LogP contribution in [0.15, 0.2) is 24.3 Å². The maximum absolute atomic E-state index is 11.8. The van der Waals surface area contributed by atoms with Crippen LogP contribution >= 0.6 is 11.6 Å². The minimum atomic E-state index is -0.0177. The number of rotatable bonds is 6. The predicted molar refractivity (Wildman–Crippen MR) is 84.1 cm³/mol. The number of hydrogen-bond acceptors (Lipinski definition) is 2. The van der Waals surface area contributed by atoms with Gasteiger partial charge in [0.1, 0.15) is 0 Å².